The molecule has 1 atom stereocenters. The highest BCUT2D eigenvalue weighted by Gasteiger charge is 2.24. The van der Waals surface area contributed by atoms with Crippen LogP contribution in [-0.4, -0.2) is 41.5 Å². The summed E-state index contributed by atoms with van der Waals surface area (Å²) < 4.78 is 0. The fraction of sp³-hybridized carbons (Fsp3) is 0.923. The summed E-state index contributed by atoms with van der Waals surface area (Å²) in [6.45, 7) is 5.37. The molecule has 0 aliphatic heterocycles. The van der Waals surface area contributed by atoms with Gasteiger partial charge < -0.3 is 5.11 Å². The van der Waals surface area contributed by atoms with Gasteiger partial charge in [0.05, 0.1) is 13.2 Å². The third-order valence-corrected chi connectivity index (χ3v) is 3.75. The lowest BCUT2D eigenvalue weighted by Crippen LogP contribution is -2.40. The first-order chi connectivity index (χ1) is 7.69. The molecule has 1 saturated carbocycles. The van der Waals surface area contributed by atoms with E-state index in [0.29, 0.717) is 24.9 Å². The number of carbonyl (C=O) groups is 1. The van der Waals surface area contributed by atoms with Gasteiger partial charge in [0.1, 0.15) is 5.78 Å². The zero-order valence-corrected chi connectivity index (χ0v) is 10.6. The first-order valence-corrected chi connectivity index (χ1v) is 6.56. The molecule has 1 aliphatic carbocycles. The lowest BCUT2D eigenvalue weighted by Gasteiger charge is -2.28. The summed E-state index contributed by atoms with van der Waals surface area (Å²) in [7, 11) is 0. The smallest absolute Gasteiger partial charge is 0.149 e. The first-order valence-electron chi connectivity index (χ1n) is 6.56. The van der Waals surface area contributed by atoms with E-state index in [2.05, 4.69) is 11.8 Å². The molecule has 0 amide bonds. The Morgan fingerprint density at radius 2 is 2.06 bits per heavy atom. The molecule has 1 aliphatic rings. The molecule has 0 bridgehead atoms. The third kappa shape index (κ3) is 3.87. The number of nitrogens with zero attached hydrogens (tertiary/aromatic N) is 1. The minimum atomic E-state index is 0.155. The third-order valence-electron chi connectivity index (χ3n) is 3.75. The standard InChI is InChI=1S/C13H25NO2/c1-3-11(2)13(16)10-14(8-9-15)12-6-4-5-7-12/h11-12,15H,3-10H2,1-2H3. The molecule has 0 spiro atoms. The Hall–Kier alpha value is -0.410. The van der Waals surface area contributed by atoms with Gasteiger partial charge in [0.2, 0.25) is 0 Å². The van der Waals surface area contributed by atoms with Crippen molar-refractivity contribution in [1.29, 1.82) is 0 Å². The van der Waals surface area contributed by atoms with Gasteiger partial charge in [0.15, 0.2) is 0 Å². The molecule has 0 radical (unpaired) electrons. The van der Waals surface area contributed by atoms with Crippen molar-refractivity contribution in [2.24, 2.45) is 5.92 Å². The number of Topliss-reactive ketones (excluding diaryl/α,β-unsaturated/α-hetero) is 1. The van der Waals surface area contributed by atoms with Gasteiger partial charge in [-0.3, -0.25) is 9.69 Å². The summed E-state index contributed by atoms with van der Waals surface area (Å²) in [4.78, 5) is 14.1. The summed E-state index contributed by atoms with van der Waals surface area (Å²) in [5, 5.41) is 9.05. The van der Waals surface area contributed by atoms with Crippen molar-refractivity contribution in [3.8, 4) is 0 Å². The van der Waals surface area contributed by atoms with Gasteiger partial charge in [0, 0.05) is 18.5 Å². The quantitative estimate of drug-likeness (QED) is 0.721. The van der Waals surface area contributed by atoms with E-state index in [-0.39, 0.29) is 12.5 Å². The monoisotopic (exact) mass is 227 g/mol. The average molecular weight is 227 g/mol. The largest absolute Gasteiger partial charge is 0.395 e. The number of aliphatic hydroxyl groups is 1. The summed E-state index contributed by atoms with van der Waals surface area (Å²) in [5.74, 6) is 0.477. The molecule has 16 heavy (non-hydrogen) atoms. The van der Waals surface area contributed by atoms with E-state index in [0.717, 1.165) is 6.42 Å². The molecule has 3 nitrogen and oxygen atoms in total. The fourth-order valence-electron chi connectivity index (χ4n) is 2.37. The average Bonchev–Trinajstić information content (AvgIpc) is 2.80. The summed E-state index contributed by atoms with van der Waals surface area (Å²) in [6.07, 6.45) is 5.83. The number of ketones is 1. The molecule has 0 heterocycles. The van der Waals surface area contributed by atoms with E-state index in [1.165, 1.54) is 25.7 Å². The maximum atomic E-state index is 11.9. The van der Waals surface area contributed by atoms with Crippen molar-refractivity contribution in [3.05, 3.63) is 0 Å². The van der Waals surface area contributed by atoms with Crippen LogP contribution in [-0.2, 0) is 4.79 Å². The predicted octanol–water partition coefficient (Wildman–Crippen LogP) is 1.84. The van der Waals surface area contributed by atoms with Crippen molar-refractivity contribution in [2.45, 2.75) is 52.0 Å². The predicted molar refractivity (Wildman–Crippen MR) is 65.4 cm³/mol. The summed E-state index contributed by atoms with van der Waals surface area (Å²) in [5.41, 5.74) is 0. The van der Waals surface area contributed by atoms with Crippen LogP contribution in [0.3, 0.4) is 0 Å². The highest BCUT2D eigenvalue weighted by Crippen LogP contribution is 2.23. The second-order valence-corrected chi connectivity index (χ2v) is 4.91. The normalized spacial score (nSPS) is 19.2. The van der Waals surface area contributed by atoms with Crippen LogP contribution in [0.25, 0.3) is 0 Å². The maximum absolute atomic E-state index is 11.9. The van der Waals surface area contributed by atoms with Gasteiger partial charge in [-0.2, -0.15) is 0 Å². The highest BCUT2D eigenvalue weighted by molar-refractivity contribution is 5.82. The van der Waals surface area contributed by atoms with Crippen LogP contribution in [0, 0.1) is 5.92 Å². The zero-order valence-electron chi connectivity index (χ0n) is 10.6. The molecule has 1 N–H and O–H groups in total. The van der Waals surface area contributed by atoms with Crippen molar-refractivity contribution < 1.29 is 9.90 Å². The molecule has 0 saturated heterocycles. The molecule has 1 unspecified atom stereocenters. The van der Waals surface area contributed by atoms with Gasteiger partial charge in [0.25, 0.3) is 0 Å². The minimum absolute atomic E-state index is 0.155. The van der Waals surface area contributed by atoms with Gasteiger partial charge in [-0.15, -0.1) is 0 Å². The Bertz CT molecular complexity index is 212. The Balaban J connectivity index is 2.46. The molecule has 0 aromatic heterocycles. The minimum Gasteiger partial charge on any atom is -0.395 e. The number of aliphatic hydroxyl groups excluding tert-OH is 1. The fourth-order valence-corrected chi connectivity index (χ4v) is 2.37. The van der Waals surface area contributed by atoms with E-state index >= 15 is 0 Å². The van der Waals surface area contributed by atoms with Gasteiger partial charge >= 0.3 is 0 Å². The number of carbonyl (C=O) groups excluding carboxylic acids is 1. The van der Waals surface area contributed by atoms with E-state index in [4.69, 9.17) is 5.11 Å². The van der Waals surface area contributed by atoms with Crippen LogP contribution >= 0.6 is 0 Å². The zero-order chi connectivity index (χ0) is 12.0. The molecule has 94 valence electrons. The molecule has 1 fully saturated rings. The van der Waals surface area contributed by atoms with E-state index < -0.39 is 0 Å². The van der Waals surface area contributed by atoms with Crippen LogP contribution in [0.15, 0.2) is 0 Å². The van der Waals surface area contributed by atoms with E-state index in [1.807, 2.05) is 6.92 Å². The van der Waals surface area contributed by atoms with Gasteiger partial charge in [-0.1, -0.05) is 26.7 Å². The maximum Gasteiger partial charge on any atom is 0.149 e. The SMILES string of the molecule is CCC(C)C(=O)CN(CCO)C1CCCC1. The van der Waals surface area contributed by atoms with Crippen molar-refractivity contribution in [3.63, 3.8) is 0 Å². The topological polar surface area (TPSA) is 40.5 Å². The number of rotatable bonds is 7. The van der Waals surface area contributed by atoms with Crippen LogP contribution in [0.1, 0.15) is 46.0 Å². The summed E-state index contributed by atoms with van der Waals surface area (Å²) >= 11 is 0. The number of hydrogen-bond donors (Lipinski definition) is 1. The Kier molecular flexibility index (Phi) is 5.99. The lowest BCUT2D eigenvalue weighted by molar-refractivity contribution is -0.124. The number of hydrogen-bond acceptors (Lipinski definition) is 3. The first kappa shape index (κ1) is 13.7. The molecular weight excluding hydrogens is 202 g/mol. The van der Waals surface area contributed by atoms with Crippen molar-refractivity contribution >= 4 is 5.78 Å². The second-order valence-electron chi connectivity index (χ2n) is 4.91. The Morgan fingerprint density at radius 1 is 1.44 bits per heavy atom. The molecular formula is C13H25NO2. The van der Waals surface area contributed by atoms with Gasteiger partial charge in [-0.05, 0) is 19.3 Å². The Labute approximate surface area is 98.8 Å². The van der Waals surface area contributed by atoms with Crippen LogP contribution in [0.4, 0.5) is 0 Å². The molecule has 0 aromatic rings. The van der Waals surface area contributed by atoms with Crippen LogP contribution in [0.2, 0.25) is 0 Å². The highest BCUT2D eigenvalue weighted by atomic mass is 16.3. The molecule has 0 aromatic carbocycles. The van der Waals surface area contributed by atoms with E-state index in [1.54, 1.807) is 0 Å². The molecule has 1 rings (SSSR count). The second kappa shape index (κ2) is 7.02. The molecule has 3 heteroatoms. The van der Waals surface area contributed by atoms with Crippen molar-refractivity contribution in [1.82, 2.24) is 4.90 Å². The van der Waals surface area contributed by atoms with Crippen molar-refractivity contribution in [2.75, 3.05) is 19.7 Å². The summed E-state index contributed by atoms with van der Waals surface area (Å²) in [6, 6.07) is 0.528. The van der Waals surface area contributed by atoms with Gasteiger partial charge in [-0.25, -0.2) is 0 Å². The van der Waals surface area contributed by atoms with Crippen LogP contribution in [0.5, 0.6) is 0 Å². The van der Waals surface area contributed by atoms with E-state index in [9.17, 15) is 4.79 Å². The van der Waals surface area contributed by atoms with Crippen LogP contribution < -0.4 is 0 Å². The lowest BCUT2D eigenvalue weighted by atomic mass is 10.0. The Morgan fingerprint density at radius 3 is 2.56 bits per heavy atom.